The standard InChI is InChI=1S/C16H20FNO3/c17-14-3-1-2-13(10-14)11-15(19)18-8-6-12(7-9-18)4-5-16(20)21/h1-3,10,12H,4-9,11H2,(H,20,21). The van der Waals surface area contributed by atoms with Crippen molar-refractivity contribution in [2.75, 3.05) is 13.1 Å². The first kappa shape index (κ1) is 15.5. The number of carboxylic acids is 1. The summed E-state index contributed by atoms with van der Waals surface area (Å²) in [6, 6.07) is 6.11. The Hall–Kier alpha value is -1.91. The minimum Gasteiger partial charge on any atom is -0.481 e. The summed E-state index contributed by atoms with van der Waals surface area (Å²) in [5, 5.41) is 8.68. The lowest BCUT2D eigenvalue weighted by molar-refractivity contribution is -0.138. The summed E-state index contributed by atoms with van der Waals surface area (Å²) in [5.41, 5.74) is 0.688. The number of nitrogens with zero attached hydrogens (tertiary/aromatic N) is 1. The van der Waals surface area contributed by atoms with Crippen molar-refractivity contribution in [2.24, 2.45) is 5.92 Å². The van der Waals surface area contributed by atoms with Crippen molar-refractivity contribution >= 4 is 11.9 Å². The van der Waals surface area contributed by atoms with Crippen molar-refractivity contribution < 1.29 is 19.1 Å². The molecule has 0 bridgehead atoms. The first-order chi connectivity index (χ1) is 10.0. The number of carboxylic acid groups (broad SMARTS) is 1. The van der Waals surface area contributed by atoms with Gasteiger partial charge in [0.05, 0.1) is 6.42 Å². The predicted molar refractivity (Wildman–Crippen MR) is 76.3 cm³/mol. The number of benzene rings is 1. The fourth-order valence-electron chi connectivity index (χ4n) is 2.73. The number of aliphatic carboxylic acids is 1. The lowest BCUT2D eigenvalue weighted by Gasteiger charge is -2.32. The summed E-state index contributed by atoms with van der Waals surface area (Å²) in [7, 11) is 0. The van der Waals surface area contributed by atoms with Gasteiger partial charge in [-0.1, -0.05) is 12.1 Å². The van der Waals surface area contributed by atoms with Crippen molar-refractivity contribution in [3.05, 3.63) is 35.6 Å². The molecule has 0 aromatic heterocycles. The van der Waals surface area contributed by atoms with Gasteiger partial charge in [-0.2, -0.15) is 0 Å². The number of hydrogen-bond acceptors (Lipinski definition) is 2. The van der Waals surface area contributed by atoms with Crippen molar-refractivity contribution in [3.63, 3.8) is 0 Å². The van der Waals surface area contributed by atoms with E-state index in [4.69, 9.17) is 5.11 Å². The van der Waals surface area contributed by atoms with E-state index in [1.807, 2.05) is 0 Å². The van der Waals surface area contributed by atoms with Crippen LogP contribution in [0.2, 0.25) is 0 Å². The van der Waals surface area contributed by atoms with E-state index in [0.717, 1.165) is 12.8 Å². The maximum absolute atomic E-state index is 13.1. The lowest BCUT2D eigenvalue weighted by Crippen LogP contribution is -2.39. The van der Waals surface area contributed by atoms with Crippen molar-refractivity contribution in [2.45, 2.75) is 32.1 Å². The van der Waals surface area contributed by atoms with E-state index in [0.29, 0.717) is 31.0 Å². The number of rotatable bonds is 5. The van der Waals surface area contributed by atoms with E-state index in [2.05, 4.69) is 0 Å². The van der Waals surface area contributed by atoms with Crippen molar-refractivity contribution in [1.82, 2.24) is 4.90 Å². The molecule has 1 aliphatic heterocycles. The molecule has 21 heavy (non-hydrogen) atoms. The van der Waals surface area contributed by atoms with Crippen LogP contribution in [0.15, 0.2) is 24.3 Å². The Kier molecular flexibility index (Phi) is 5.31. The Morgan fingerprint density at radius 3 is 2.62 bits per heavy atom. The summed E-state index contributed by atoms with van der Waals surface area (Å²) >= 11 is 0. The fourth-order valence-corrected chi connectivity index (χ4v) is 2.73. The molecule has 2 rings (SSSR count). The summed E-state index contributed by atoms with van der Waals surface area (Å²) in [5.74, 6) is -0.691. The summed E-state index contributed by atoms with van der Waals surface area (Å²) in [6.45, 7) is 1.33. The topological polar surface area (TPSA) is 57.6 Å². The number of likely N-dealkylation sites (tertiary alicyclic amines) is 1. The number of carbonyl (C=O) groups is 2. The molecule has 1 amide bonds. The van der Waals surface area contributed by atoms with Crippen LogP contribution in [0, 0.1) is 11.7 Å². The zero-order valence-corrected chi connectivity index (χ0v) is 11.9. The Labute approximate surface area is 123 Å². The van der Waals surface area contributed by atoms with Crippen LogP contribution in [-0.4, -0.2) is 35.0 Å². The minimum absolute atomic E-state index is 0.0114. The van der Waals surface area contributed by atoms with Gasteiger partial charge in [0.25, 0.3) is 0 Å². The molecule has 0 atom stereocenters. The Morgan fingerprint density at radius 2 is 2.00 bits per heavy atom. The van der Waals surface area contributed by atoms with E-state index in [9.17, 15) is 14.0 Å². The van der Waals surface area contributed by atoms with E-state index in [1.54, 1.807) is 17.0 Å². The van der Waals surface area contributed by atoms with E-state index < -0.39 is 5.97 Å². The summed E-state index contributed by atoms with van der Waals surface area (Å²) < 4.78 is 13.1. The molecule has 0 spiro atoms. The third-order valence-corrected chi connectivity index (χ3v) is 3.98. The van der Waals surface area contributed by atoms with Gasteiger partial charge in [0.15, 0.2) is 0 Å². The Morgan fingerprint density at radius 1 is 1.29 bits per heavy atom. The maximum atomic E-state index is 13.1. The lowest BCUT2D eigenvalue weighted by atomic mass is 9.92. The van der Waals surface area contributed by atoms with Gasteiger partial charge in [0.1, 0.15) is 5.82 Å². The average Bonchev–Trinajstić information content (AvgIpc) is 2.45. The van der Waals surface area contributed by atoms with Crippen LogP contribution < -0.4 is 0 Å². The van der Waals surface area contributed by atoms with Gasteiger partial charge in [-0.15, -0.1) is 0 Å². The maximum Gasteiger partial charge on any atom is 0.303 e. The first-order valence-corrected chi connectivity index (χ1v) is 7.28. The van der Waals surface area contributed by atoms with Crippen LogP contribution in [0.5, 0.6) is 0 Å². The smallest absolute Gasteiger partial charge is 0.303 e. The Bertz CT molecular complexity index is 510. The predicted octanol–water partition coefficient (Wildman–Crippen LogP) is 2.47. The van der Waals surface area contributed by atoms with Crippen LogP contribution in [0.3, 0.4) is 0 Å². The Balaban J connectivity index is 1.79. The molecule has 4 nitrogen and oxygen atoms in total. The molecule has 1 N–H and O–H groups in total. The third-order valence-electron chi connectivity index (χ3n) is 3.98. The number of carbonyl (C=O) groups excluding carboxylic acids is 1. The van der Waals surface area contributed by atoms with Gasteiger partial charge in [-0.05, 0) is 42.9 Å². The summed E-state index contributed by atoms with van der Waals surface area (Å²) in [4.78, 5) is 24.5. The fraction of sp³-hybridized carbons (Fsp3) is 0.500. The van der Waals surface area contributed by atoms with Crippen LogP contribution in [-0.2, 0) is 16.0 Å². The molecule has 0 saturated carbocycles. The minimum atomic E-state index is -0.764. The molecule has 5 heteroatoms. The highest BCUT2D eigenvalue weighted by molar-refractivity contribution is 5.78. The molecular weight excluding hydrogens is 273 g/mol. The normalized spacial score (nSPS) is 16.0. The molecule has 1 aliphatic rings. The van der Waals surface area contributed by atoms with Gasteiger partial charge in [-0.25, -0.2) is 4.39 Å². The highest BCUT2D eigenvalue weighted by Gasteiger charge is 2.23. The quantitative estimate of drug-likeness (QED) is 0.907. The molecule has 1 fully saturated rings. The summed E-state index contributed by atoms with van der Waals surface area (Å²) in [6.07, 6.45) is 2.80. The van der Waals surface area contributed by atoms with Crippen LogP contribution in [0.4, 0.5) is 4.39 Å². The second-order valence-corrected chi connectivity index (χ2v) is 5.56. The van der Waals surface area contributed by atoms with Gasteiger partial charge >= 0.3 is 5.97 Å². The number of piperidine rings is 1. The molecule has 114 valence electrons. The SMILES string of the molecule is O=C(O)CCC1CCN(C(=O)Cc2cccc(F)c2)CC1. The number of amides is 1. The van der Waals surface area contributed by atoms with Crippen LogP contribution in [0.25, 0.3) is 0 Å². The third kappa shape index (κ3) is 4.85. The molecule has 1 aromatic rings. The molecule has 0 unspecified atom stereocenters. The molecule has 1 heterocycles. The van der Waals surface area contributed by atoms with Crippen molar-refractivity contribution in [3.8, 4) is 0 Å². The zero-order chi connectivity index (χ0) is 15.2. The second kappa shape index (κ2) is 7.20. The zero-order valence-electron chi connectivity index (χ0n) is 11.9. The van der Waals surface area contributed by atoms with Gasteiger partial charge in [0.2, 0.25) is 5.91 Å². The van der Waals surface area contributed by atoms with Crippen LogP contribution in [0.1, 0.15) is 31.2 Å². The number of hydrogen-bond donors (Lipinski definition) is 1. The molecule has 1 aromatic carbocycles. The van der Waals surface area contributed by atoms with Crippen molar-refractivity contribution in [1.29, 1.82) is 0 Å². The highest BCUT2D eigenvalue weighted by atomic mass is 19.1. The first-order valence-electron chi connectivity index (χ1n) is 7.28. The largest absolute Gasteiger partial charge is 0.481 e. The number of halogens is 1. The van der Waals surface area contributed by atoms with Gasteiger partial charge in [-0.3, -0.25) is 9.59 Å². The van der Waals surface area contributed by atoms with E-state index >= 15 is 0 Å². The monoisotopic (exact) mass is 293 g/mol. The highest BCUT2D eigenvalue weighted by Crippen LogP contribution is 2.22. The second-order valence-electron chi connectivity index (χ2n) is 5.56. The van der Waals surface area contributed by atoms with Gasteiger partial charge < -0.3 is 10.0 Å². The van der Waals surface area contributed by atoms with Gasteiger partial charge in [0, 0.05) is 19.5 Å². The van der Waals surface area contributed by atoms with E-state index in [1.165, 1.54) is 12.1 Å². The molecule has 0 aliphatic carbocycles. The van der Waals surface area contributed by atoms with E-state index in [-0.39, 0.29) is 24.6 Å². The van der Waals surface area contributed by atoms with Crippen LogP contribution >= 0.6 is 0 Å². The average molecular weight is 293 g/mol. The molecule has 0 radical (unpaired) electrons. The molecule has 1 saturated heterocycles. The molecular formula is C16H20FNO3.